The van der Waals surface area contributed by atoms with Crippen molar-refractivity contribution < 1.29 is 0 Å². The maximum atomic E-state index is 4.16. The predicted octanol–water partition coefficient (Wildman–Crippen LogP) is 1.84. The van der Waals surface area contributed by atoms with E-state index in [1.54, 1.807) is 0 Å². The largest absolute Gasteiger partial charge is 0.165 e. The van der Waals surface area contributed by atoms with Gasteiger partial charge in [-0.25, -0.2) is 0 Å². The molecule has 0 saturated carbocycles. The van der Waals surface area contributed by atoms with Crippen LogP contribution in [-0.2, 0) is 9.93 Å². The molecule has 0 bridgehead atoms. The van der Waals surface area contributed by atoms with Crippen molar-refractivity contribution in [3.63, 3.8) is 0 Å². The zero-order valence-corrected chi connectivity index (χ0v) is 7.84. The zero-order chi connectivity index (χ0) is 5.82. The van der Waals surface area contributed by atoms with Crippen LogP contribution in [0.15, 0.2) is 0 Å². The molecule has 0 aromatic carbocycles. The van der Waals surface area contributed by atoms with E-state index in [1.165, 1.54) is 16.6 Å². The number of thioether (sulfide) groups is 1. The summed E-state index contributed by atoms with van der Waals surface area (Å²) in [6.45, 7) is 0. The zero-order valence-electron chi connectivity index (χ0n) is 4.50. The number of rotatable bonds is 2. The Morgan fingerprint density at radius 2 is 2.62 bits per heavy atom. The molecule has 0 spiro atoms. The van der Waals surface area contributed by atoms with Gasteiger partial charge in [0.2, 0.25) is 0 Å². The molecule has 8 heavy (non-hydrogen) atoms. The van der Waals surface area contributed by atoms with Crippen LogP contribution in [0.3, 0.4) is 0 Å². The number of thiol groups is 1. The molecule has 0 N–H and O–H groups in total. The molecule has 0 amide bonds. The van der Waals surface area contributed by atoms with Crippen LogP contribution in [0, 0.1) is 0 Å². The molecule has 1 saturated heterocycles. The molecule has 1 unspecified atom stereocenters. The van der Waals surface area contributed by atoms with Gasteiger partial charge in [-0.05, 0) is 0 Å². The van der Waals surface area contributed by atoms with E-state index in [1.807, 2.05) is 10.8 Å². The predicted molar refractivity (Wildman–Crippen MR) is 51.0 cm³/mol. The van der Waals surface area contributed by atoms with Gasteiger partial charge in [0.25, 0.3) is 0 Å². The minimum absolute atomic E-state index is 0.676. The molecule has 0 nitrogen and oxygen atoms in total. The van der Waals surface area contributed by atoms with Crippen LogP contribution in [0.25, 0.3) is 0 Å². The van der Waals surface area contributed by atoms with Crippen LogP contribution in [0.5, 0.6) is 0 Å². The number of hydrogen-bond donors (Lipinski definition) is 1. The van der Waals surface area contributed by atoms with Crippen LogP contribution in [-0.4, -0.2) is 21.7 Å². The van der Waals surface area contributed by atoms with Crippen LogP contribution < -0.4 is 0 Å². The second-order valence-corrected chi connectivity index (χ2v) is 7.85. The Balaban J connectivity index is 2.06. The maximum Gasteiger partial charge on any atom is 0.165 e. The first kappa shape index (κ1) is 7.51. The van der Waals surface area contributed by atoms with E-state index >= 15 is 0 Å². The summed E-state index contributed by atoms with van der Waals surface area (Å²) in [5, 5.41) is 2.38. The summed E-state index contributed by atoms with van der Waals surface area (Å²) in [7, 11) is 2.69. The lowest BCUT2D eigenvalue weighted by atomic mass is 11.0. The second-order valence-electron chi connectivity index (χ2n) is 1.42. The Morgan fingerprint density at radius 3 is 3.12 bits per heavy atom. The van der Waals surface area contributed by atoms with Gasteiger partial charge in [0.15, 0.2) is 5.08 Å². The fraction of sp³-hybridized carbons (Fsp3) is 1.00. The van der Waals surface area contributed by atoms with Gasteiger partial charge in [-0.3, -0.25) is 0 Å². The van der Waals surface area contributed by atoms with E-state index in [-0.39, 0.29) is 0 Å². The quantitative estimate of drug-likeness (QED) is 0.302. The second kappa shape index (κ2) is 4.25. The fourth-order valence-corrected chi connectivity index (χ4v) is 7.95. The highest BCUT2D eigenvalue weighted by Crippen LogP contribution is 2.28. The molecule has 0 aliphatic carbocycles. The van der Waals surface area contributed by atoms with E-state index in [4.69, 9.17) is 0 Å². The van der Waals surface area contributed by atoms with Crippen molar-refractivity contribution >= 4 is 45.1 Å². The average molecular weight is 185 g/mol. The lowest BCUT2D eigenvalue weighted by Gasteiger charge is -1.89. The van der Waals surface area contributed by atoms with E-state index in [9.17, 15) is 0 Å². The van der Waals surface area contributed by atoms with Crippen LogP contribution in [0.1, 0.15) is 0 Å². The molecule has 1 aliphatic heterocycles. The Morgan fingerprint density at radius 1 is 1.75 bits per heavy atom. The van der Waals surface area contributed by atoms with Gasteiger partial charge in [-0.15, -0.1) is 11.8 Å². The Bertz CT molecular complexity index is 59.1. The minimum Gasteiger partial charge on any atom is -0.164 e. The monoisotopic (exact) mass is 185 g/mol. The van der Waals surface area contributed by atoms with Crippen molar-refractivity contribution in [3.8, 4) is 0 Å². The smallest absolute Gasteiger partial charge is 0.164 e. The van der Waals surface area contributed by atoms with Gasteiger partial charge < -0.3 is 0 Å². The highest BCUT2D eigenvalue weighted by Gasteiger charge is 2.24. The molecule has 4 heteroatoms. The molecule has 1 fully saturated rings. The Labute approximate surface area is 66.7 Å². The topological polar surface area (TPSA) is 0 Å². The molecule has 0 aromatic rings. The lowest BCUT2D eigenvalue weighted by molar-refractivity contribution is 1.58. The first-order valence-corrected chi connectivity index (χ1v) is 7.28. The summed E-state index contributed by atoms with van der Waals surface area (Å²) in [5.41, 5.74) is 0. The van der Waals surface area contributed by atoms with E-state index < -0.39 is 0 Å². The average Bonchev–Trinajstić information content (AvgIpc) is 2.19. The summed E-state index contributed by atoms with van der Waals surface area (Å²) in [4.78, 5) is 0. The van der Waals surface area contributed by atoms with Crippen molar-refractivity contribution in [3.05, 3.63) is 0 Å². The van der Waals surface area contributed by atoms with Gasteiger partial charge in [-0.2, -0.15) is 12.6 Å². The SMILES string of the molecule is SCS[S+]1CCSC1. The molecule has 1 atom stereocenters. The molecule has 1 aliphatic rings. The third-order valence-corrected chi connectivity index (χ3v) is 8.09. The molecule has 48 valence electrons. The molecule has 1 rings (SSSR count). The normalized spacial score (nSPS) is 28.9. The van der Waals surface area contributed by atoms with Crippen molar-refractivity contribution in [2.24, 2.45) is 0 Å². The molecular weight excluding hydrogens is 176 g/mol. The summed E-state index contributed by atoms with van der Waals surface area (Å²) < 4.78 is 0. The third-order valence-electron chi connectivity index (χ3n) is 0.889. The van der Waals surface area contributed by atoms with E-state index in [0.717, 1.165) is 5.08 Å². The Kier molecular flexibility index (Phi) is 3.99. The van der Waals surface area contributed by atoms with E-state index in [0.29, 0.717) is 9.93 Å². The maximum absolute atomic E-state index is 4.16. The Hall–Kier alpha value is 1.40. The van der Waals surface area contributed by atoms with Crippen LogP contribution in [0.2, 0.25) is 0 Å². The molecular formula is C4H9S4+. The van der Waals surface area contributed by atoms with Gasteiger partial charge in [0.05, 0.1) is 15.0 Å². The van der Waals surface area contributed by atoms with Crippen molar-refractivity contribution in [1.29, 1.82) is 0 Å². The first-order chi connectivity index (χ1) is 3.93. The van der Waals surface area contributed by atoms with Crippen molar-refractivity contribution in [2.75, 3.05) is 21.7 Å². The first-order valence-electron chi connectivity index (χ1n) is 2.43. The summed E-state index contributed by atoms with van der Waals surface area (Å²) >= 11 is 6.24. The van der Waals surface area contributed by atoms with Crippen molar-refractivity contribution in [2.45, 2.75) is 0 Å². The van der Waals surface area contributed by atoms with Gasteiger partial charge in [0.1, 0.15) is 16.5 Å². The fourth-order valence-electron chi connectivity index (χ4n) is 0.530. The third kappa shape index (κ3) is 2.33. The van der Waals surface area contributed by atoms with Crippen molar-refractivity contribution in [1.82, 2.24) is 0 Å². The minimum atomic E-state index is 0.676. The van der Waals surface area contributed by atoms with Gasteiger partial charge in [-0.1, -0.05) is 0 Å². The lowest BCUT2D eigenvalue weighted by Crippen LogP contribution is -1.96. The van der Waals surface area contributed by atoms with Crippen LogP contribution >= 0.6 is 35.2 Å². The van der Waals surface area contributed by atoms with Gasteiger partial charge in [0, 0.05) is 5.75 Å². The van der Waals surface area contributed by atoms with Crippen LogP contribution in [0.4, 0.5) is 0 Å². The summed E-state index contributed by atoms with van der Waals surface area (Å²) in [6.07, 6.45) is 0. The molecule has 0 radical (unpaired) electrons. The van der Waals surface area contributed by atoms with Gasteiger partial charge >= 0.3 is 0 Å². The van der Waals surface area contributed by atoms with E-state index in [2.05, 4.69) is 24.4 Å². The highest BCUT2D eigenvalue weighted by molar-refractivity contribution is 8.77. The molecule has 1 heterocycles. The summed E-state index contributed by atoms with van der Waals surface area (Å²) in [5.74, 6) is 2.81. The number of hydrogen-bond acceptors (Lipinski definition) is 3. The standard InChI is InChI=1S/C4H8S4/c5-3-7-8-2-1-6-4-8/h1-4H2/p+1. The molecule has 0 aromatic heterocycles. The highest BCUT2D eigenvalue weighted by atomic mass is 33.1. The summed E-state index contributed by atoms with van der Waals surface area (Å²) in [6, 6.07) is 0.